The Labute approximate surface area is 277 Å². The Kier molecular flexibility index (Phi) is 10.6. The van der Waals surface area contributed by atoms with Crippen LogP contribution in [0.5, 0.6) is 0 Å². The van der Waals surface area contributed by atoms with Crippen LogP contribution in [0.15, 0.2) is 182 Å². The van der Waals surface area contributed by atoms with Crippen LogP contribution in [-0.4, -0.2) is 17.9 Å². The largest absolute Gasteiger partial charge is 1.00 e. The highest BCUT2D eigenvalue weighted by molar-refractivity contribution is 7.95. The second-order valence-electron chi connectivity index (χ2n) is 10.9. The maximum absolute atomic E-state index is 14.9. The summed E-state index contributed by atoms with van der Waals surface area (Å²) < 4.78 is 6.56. The number of ketones is 1. The normalized spacial score (nSPS) is 12.3. The lowest BCUT2D eigenvalue weighted by atomic mass is 9.83. The zero-order valence-electron chi connectivity index (χ0n) is 25.3. The van der Waals surface area contributed by atoms with Crippen molar-refractivity contribution in [3.05, 3.63) is 199 Å². The molecule has 0 aliphatic heterocycles. The molecule has 0 radical (unpaired) electrons. The molecule has 6 rings (SSSR count). The van der Waals surface area contributed by atoms with Crippen molar-refractivity contribution in [2.24, 2.45) is 0 Å². The van der Waals surface area contributed by atoms with Crippen LogP contribution in [0.25, 0.3) is 0 Å². The topological polar surface area (TPSA) is 43.4 Å². The van der Waals surface area contributed by atoms with Gasteiger partial charge in [0.25, 0.3) is 0 Å². The molecule has 0 spiro atoms. The molecular weight excluding hydrogens is 607 g/mol. The third-order valence-electron chi connectivity index (χ3n) is 8.31. The smallest absolute Gasteiger partial charge is 0.339 e. The summed E-state index contributed by atoms with van der Waals surface area (Å²) in [5, 5.41) is 3.60. The minimum Gasteiger partial charge on any atom is -1.00 e. The standard InChI is InChI=1S/C41H34O3P.ClH/c42-39(33-19-7-1-8-20-33)41(35-23-11-3-12-24-35,44-40(43)34-21-9-2-10-22-34)31-32-45(36-25-13-4-14-26-36,37-27-15-5-16-28-37)38-29-17-6-18-30-38;/h1-30H,31-32H2;1H/q+1;/p-1. The van der Waals surface area contributed by atoms with Gasteiger partial charge in [-0.25, -0.2) is 4.79 Å². The van der Waals surface area contributed by atoms with E-state index in [-0.39, 0.29) is 24.6 Å². The fourth-order valence-corrected chi connectivity index (χ4v) is 10.4. The molecule has 1 atom stereocenters. The van der Waals surface area contributed by atoms with E-state index in [9.17, 15) is 9.59 Å². The first-order valence-electron chi connectivity index (χ1n) is 15.1. The zero-order chi connectivity index (χ0) is 31.0. The second-order valence-corrected chi connectivity index (χ2v) is 14.5. The molecule has 0 saturated heterocycles. The predicted octanol–water partition coefficient (Wildman–Crippen LogP) is 5.01. The summed E-state index contributed by atoms with van der Waals surface area (Å²) >= 11 is 0. The number of esters is 1. The third kappa shape index (κ3) is 6.58. The van der Waals surface area contributed by atoms with Crippen LogP contribution in [0.3, 0.4) is 0 Å². The molecule has 0 saturated carbocycles. The fourth-order valence-electron chi connectivity index (χ4n) is 6.07. The maximum Gasteiger partial charge on any atom is 0.339 e. The van der Waals surface area contributed by atoms with Crippen LogP contribution in [-0.2, 0) is 10.3 Å². The average Bonchev–Trinajstić information content (AvgIpc) is 3.13. The van der Waals surface area contributed by atoms with Crippen LogP contribution in [0.1, 0.15) is 32.7 Å². The number of ether oxygens (including phenoxy) is 1. The summed E-state index contributed by atoms with van der Waals surface area (Å²) in [6, 6.07) is 59.2. The van der Waals surface area contributed by atoms with Crippen molar-refractivity contribution >= 4 is 34.9 Å². The van der Waals surface area contributed by atoms with Crippen LogP contribution >= 0.6 is 7.26 Å². The van der Waals surface area contributed by atoms with Crippen LogP contribution in [0.2, 0.25) is 0 Å². The number of carbonyl (C=O) groups is 2. The summed E-state index contributed by atoms with van der Waals surface area (Å²) in [6.07, 6.45) is 0.857. The summed E-state index contributed by atoms with van der Waals surface area (Å²) in [5.41, 5.74) is -0.0475. The lowest BCUT2D eigenvalue weighted by molar-refractivity contribution is -0.0132. The Morgan fingerprint density at radius 1 is 0.478 bits per heavy atom. The van der Waals surface area contributed by atoms with Gasteiger partial charge in [0, 0.05) is 17.5 Å². The van der Waals surface area contributed by atoms with Gasteiger partial charge in [0.2, 0.25) is 11.4 Å². The maximum atomic E-state index is 14.9. The highest BCUT2D eigenvalue weighted by Gasteiger charge is 2.52. The van der Waals surface area contributed by atoms with Gasteiger partial charge in [-0.2, -0.15) is 0 Å². The number of hydrogen-bond donors (Lipinski definition) is 0. The molecule has 0 N–H and O–H groups in total. The van der Waals surface area contributed by atoms with Crippen molar-refractivity contribution in [3.8, 4) is 0 Å². The predicted molar refractivity (Wildman–Crippen MR) is 185 cm³/mol. The first-order valence-corrected chi connectivity index (χ1v) is 17.1. The molecule has 0 heterocycles. The Hall–Kier alpha value is -4.82. The third-order valence-corrected chi connectivity index (χ3v) is 12.7. The first kappa shape index (κ1) is 32.6. The number of hydrogen-bond acceptors (Lipinski definition) is 3. The van der Waals surface area contributed by atoms with E-state index in [0.717, 1.165) is 0 Å². The molecule has 0 aliphatic rings. The summed E-state index contributed by atoms with van der Waals surface area (Å²) in [6.45, 7) is 0. The lowest BCUT2D eigenvalue weighted by Crippen LogP contribution is -3.00. The van der Waals surface area contributed by atoms with E-state index in [0.29, 0.717) is 22.9 Å². The van der Waals surface area contributed by atoms with Gasteiger partial charge in [0.1, 0.15) is 23.2 Å². The number of carbonyl (C=O) groups excluding carboxylic acids is 2. The summed E-state index contributed by atoms with van der Waals surface area (Å²) in [4.78, 5) is 28.8. The van der Waals surface area contributed by atoms with Crippen molar-refractivity contribution in [1.82, 2.24) is 0 Å². The van der Waals surface area contributed by atoms with E-state index in [1.165, 1.54) is 15.9 Å². The molecule has 0 aliphatic carbocycles. The van der Waals surface area contributed by atoms with E-state index in [4.69, 9.17) is 4.74 Å². The van der Waals surface area contributed by atoms with Crippen LogP contribution in [0.4, 0.5) is 0 Å². The zero-order valence-corrected chi connectivity index (χ0v) is 26.9. The van der Waals surface area contributed by atoms with Gasteiger partial charge in [-0.05, 0) is 48.5 Å². The van der Waals surface area contributed by atoms with Gasteiger partial charge in [-0.3, -0.25) is 4.79 Å². The molecule has 6 aromatic carbocycles. The molecule has 1 unspecified atom stereocenters. The Morgan fingerprint density at radius 3 is 1.24 bits per heavy atom. The molecule has 0 fully saturated rings. The highest BCUT2D eigenvalue weighted by atomic mass is 35.5. The number of benzene rings is 6. The van der Waals surface area contributed by atoms with Crippen molar-refractivity contribution < 1.29 is 26.7 Å². The van der Waals surface area contributed by atoms with Crippen molar-refractivity contribution in [2.75, 3.05) is 6.16 Å². The van der Waals surface area contributed by atoms with Gasteiger partial charge >= 0.3 is 5.97 Å². The molecule has 3 nitrogen and oxygen atoms in total. The summed E-state index contributed by atoms with van der Waals surface area (Å²) in [5.74, 6) is -0.780. The molecule has 46 heavy (non-hydrogen) atoms. The molecule has 0 amide bonds. The Balaban J connectivity index is 0.00000417. The quantitative estimate of drug-likeness (QED) is 0.114. The molecule has 0 aromatic heterocycles. The van der Waals surface area contributed by atoms with E-state index >= 15 is 0 Å². The molecule has 228 valence electrons. The molecule has 0 bridgehead atoms. The van der Waals surface area contributed by atoms with Crippen LogP contribution in [0, 0.1) is 0 Å². The second kappa shape index (κ2) is 15.0. The number of Topliss-reactive ketones (excluding diaryl/α,β-unsaturated/α-hetero) is 1. The SMILES string of the molecule is O=C(OC(CC[P+](c1ccccc1)(c1ccccc1)c1ccccc1)(C(=O)c1ccccc1)c1ccccc1)c1ccccc1.[Cl-]. The van der Waals surface area contributed by atoms with E-state index in [2.05, 4.69) is 72.8 Å². The molecule has 5 heteroatoms. The van der Waals surface area contributed by atoms with Crippen molar-refractivity contribution in [3.63, 3.8) is 0 Å². The minimum atomic E-state index is -2.36. The van der Waals surface area contributed by atoms with Crippen LogP contribution < -0.4 is 28.3 Å². The van der Waals surface area contributed by atoms with Gasteiger partial charge in [-0.1, -0.05) is 133 Å². The fraction of sp³-hybridized carbons (Fsp3) is 0.0732. The molecule has 6 aromatic rings. The van der Waals surface area contributed by atoms with E-state index < -0.39 is 18.8 Å². The number of rotatable bonds is 11. The number of halogens is 1. The molecular formula is C41H34ClO3P. The van der Waals surface area contributed by atoms with Gasteiger partial charge < -0.3 is 17.1 Å². The Bertz CT molecular complexity index is 1740. The Morgan fingerprint density at radius 2 is 0.826 bits per heavy atom. The van der Waals surface area contributed by atoms with Gasteiger partial charge in [-0.15, -0.1) is 0 Å². The van der Waals surface area contributed by atoms with Gasteiger partial charge in [0.05, 0.1) is 11.7 Å². The van der Waals surface area contributed by atoms with Crippen molar-refractivity contribution in [2.45, 2.75) is 12.0 Å². The lowest BCUT2D eigenvalue weighted by Gasteiger charge is -2.35. The van der Waals surface area contributed by atoms with Crippen molar-refractivity contribution in [1.29, 1.82) is 0 Å². The average molecular weight is 641 g/mol. The monoisotopic (exact) mass is 640 g/mol. The van der Waals surface area contributed by atoms with Gasteiger partial charge in [0.15, 0.2) is 0 Å². The minimum absolute atomic E-state index is 0. The summed E-state index contributed by atoms with van der Waals surface area (Å²) in [7, 11) is -2.36. The highest BCUT2D eigenvalue weighted by Crippen LogP contribution is 2.57. The first-order chi connectivity index (χ1) is 22.1. The van der Waals surface area contributed by atoms with E-state index in [1.54, 1.807) is 36.4 Å². The van der Waals surface area contributed by atoms with E-state index in [1.807, 2.05) is 72.8 Å².